The number of thiazole rings is 1. The van der Waals surface area contributed by atoms with E-state index in [2.05, 4.69) is 15.2 Å². The fraction of sp³-hybridized carbons (Fsp3) is 0.526. The van der Waals surface area contributed by atoms with Crippen molar-refractivity contribution in [1.29, 1.82) is 0 Å². The first-order chi connectivity index (χ1) is 12.8. The van der Waals surface area contributed by atoms with Crippen molar-refractivity contribution in [2.75, 3.05) is 31.1 Å². The Hall–Kier alpha value is -1.99. The minimum absolute atomic E-state index is 0.0674. The zero-order valence-corrected chi connectivity index (χ0v) is 15.6. The highest BCUT2D eigenvalue weighted by atomic mass is 32.1. The molecular weight excluding hydrogens is 346 g/mol. The summed E-state index contributed by atoms with van der Waals surface area (Å²) in [7, 11) is 0. The zero-order valence-electron chi connectivity index (χ0n) is 14.8. The first-order valence-electron chi connectivity index (χ1n) is 9.52. The second-order valence-corrected chi connectivity index (χ2v) is 8.38. The van der Waals surface area contributed by atoms with Gasteiger partial charge in [-0.1, -0.05) is 6.42 Å². The van der Waals surface area contributed by atoms with E-state index in [-0.39, 0.29) is 6.03 Å². The van der Waals surface area contributed by atoms with Crippen LogP contribution in [0.2, 0.25) is 0 Å². The van der Waals surface area contributed by atoms with E-state index in [0.29, 0.717) is 18.9 Å². The molecule has 0 unspecified atom stereocenters. The second-order valence-electron chi connectivity index (χ2n) is 7.30. The van der Waals surface area contributed by atoms with Gasteiger partial charge in [0.05, 0.1) is 5.69 Å². The molecule has 1 saturated heterocycles. The molecule has 0 spiro atoms. The van der Waals surface area contributed by atoms with E-state index in [9.17, 15) is 4.79 Å². The van der Waals surface area contributed by atoms with Gasteiger partial charge in [0.15, 0.2) is 0 Å². The van der Waals surface area contributed by atoms with Crippen LogP contribution in [0.1, 0.15) is 29.8 Å². The summed E-state index contributed by atoms with van der Waals surface area (Å²) in [6.45, 7) is 3.66. The average Bonchev–Trinajstić information content (AvgIpc) is 3.17. The number of hydrogen-bond acceptors (Lipinski definition) is 5. The lowest BCUT2D eigenvalue weighted by molar-refractivity contribution is 0.133. The minimum Gasteiger partial charge on any atom is -0.336 e. The van der Waals surface area contributed by atoms with Crippen LogP contribution in [-0.4, -0.2) is 53.1 Å². The normalized spacial score (nSPS) is 21.2. The number of hydrogen-bond donors (Lipinski definition) is 1. The van der Waals surface area contributed by atoms with Crippen molar-refractivity contribution in [2.45, 2.75) is 38.1 Å². The Kier molecular flexibility index (Phi) is 4.13. The molecule has 4 heterocycles. The summed E-state index contributed by atoms with van der Waals surface area (Å²) in [6.07, 6.45) is 8.16. The van der Waals surface area contributed by atoms with Crippen LogP contribution in [0.4, 0.5) is 10.6 Å². The zero-order chi connectivity index (χ0) is 17.5. The van der Waals surface area contributed by atoms with Gasteiger partial charge >= 0.3 is 6.03 Å². The van der Waals surface area contributed by atoms with E-state index in [1.807, 2.05) is 29.7 Å². The van der Waals surface area contributed by atoms with Gasteiger partial charge in [0, 0.05) is 55.3 Å². The van der Waals surface area contributed by atoms with Crippen molar-refractivity contribution in [1.82, 2.24) is 20.2 Å². The molecule has 6 nitrogen and oxygen atoms in total. The molecule has 2 aromatic rings. The Morgan fingerprint density at radius 1 is 1.15 bits per heavy atom. The Morgan fingerprint density at radius 3 is 2.73 bits per heavy atom. The molecule has 2 aromatic heterocycles. The van der Waals surface area contributed by atoms with Crippen LogP contribution >= 0.6 is 11.3 Å². The van der Waals surface area contributed by atoms with Crippen LogP contribution in [0.3, 0.4) is 0 Å². The number of nitrogens with one attached hydrogen (secondary N) is 1. The van der Waals surface area contributed by atoms with Crippen LogP contribution in [0.15, 0.2) is 18.3 Å². The van der Waals surface area contributed by atoms with E-state index < -0.39 is 0 Å². The molecular formula is C19H23N5OS. The second kappa shape index (κ2) is 6.63. The standard InChI is InChI=1S/C19H23N5OS/c25-19-20-8-11-24(19)17-5-4-13(12-21-17)18-22-15-6-9-23(14-2-1-3-14)10-7-16(15)26-18/h4-5,12,14H,1-3,6-11H2,(H,20,25). The van der Waals surface area contributed by atoms with Gasteiger partial charge in [-0.2, -0.15) is 0 Å². The third-order valence-electron chi connectivity index (χ3n) is 5.76. The Bertz CT molecular complexity index is 788. The Morgan fingerprint density at radius 2 is 2.04 bits per heavy atom. The molecule has 0 atom stereocenters. The van der Waals surface area contributed by atoms with Crippen LogP contribution in [0.25, 0.3) is 10.6 Å². The number of aromatic nitrogens is 2. The number of carbonyl (C=O) groups is 1. The summed E-state index contributed by atoms with van der Waals surface area (Å²) in [6, 6.07) is 4.71. The molecule has 7 heteroatoms. The van der Waals surface area contributed by atoms with E-state index in [1.165, 1.54) is 36.4 Å². The van der Waals surface area contributed by atoms with Crippen molar-refractivity contribution >= 4 is 23.2 Å². The molecule has 1 saturated carbocycles. The number of anilines is 1. The fourth-order valence-corrected chi connectivity index (χ4v) is 5.07. The van der Waals surface area contributed by atoms with Crippen molar-refractivity contribution in [3.8, 4) is 10.6 Å². The van der Waals surface area contributed by atoms with Crippen LogP contribution in [-0.2, 0) is 12.8 Å². The summed E-state index contributed by atoms with van der Waals surface area (Å²) < 4.78 is 0. The molecule has 26 heavy (non-hydrogen) atoms. The molecule has 2 aliphatic heterocycles. The molecule has 0 bridgehead atoms. The first-order valence-corrected chi connectivity index (χ1v) is 10.3. The van der Waals surface area contributed by atoms with Crippen molar-refractivity contribution in [3.63, 3.8) is 0 Å². The predicted molar refractivity (Wildman–Crippen MR) is 103 cm³/mol. The van der Waals surface area contributed by atoms with Crippen LogP contribution in [0.5, 0.6) is 0 Å². The highest BCUT2D eigenvalue weighted by molar-refractivity contribution is 7.15. The maximum atomic E-state index is 11.8. The summed E-state index contributed by atoms with van der Waals surface area (Å²) >= 11 is 1.81. The molecule has 0 radical (unpaired) electrons. The summed E-state index contributed by atoms with van der Waals surface area (Å²) in [5, 5.41) is 3.86. The highest BCUT2D eigenvalue weighted by Crippen LogP contribution is 2.33. The third kappa shape index (κ3) is 2.89. The van der Waals surface area contributed by atoms with E-state index in [4.69, 9.17) is 4.98 Å². The number of urea groups is 1. The number of amides is 2. The van der Waals surface area contributed by atoms with Gasteiger partial charge in [-0.25, -0.2) is 14.8 Å². The van der Waals surface area contributed by atoms with Crippen LogP contribution < -0.4 is 10.2 Å². The maximum absolute atomic E-state index is 11.8. The smallest absolute Gasteiger partial charge is 0.323 e. The predicted octanol–water partition coefficient (Wildman–Crippen LogP) is 2.69. The molecule has 1 N–H and O–H groups in total. The lowest BCUT2D eigenvalue weighted by Gasteiger charge is -2.36. The SMILES string of the molecule is O=C1NCCN1c1ccc(-c2nc3c(s2)CCN(C2CCC2)CC3)cn1. The largest absolute Gasteiger partial charge is 0.336 e. The minimum atomic E-state index is -0.0674. The number of fused-ring (bicyclic) bond motifs is 1. The highest BCUT2D eigenvalue weighted by Gasteiger charge is 2.28. The van der Waals surface area contributed by atoms with Gasteiger partial charge in [-0.15, -0.1) is 11.3 Å². The molecule has 0 aromatic carbocycles. The Balaban J connectivity index is 1.32. The average molecular weight is 369 g/mol. The van der Waals surface area contributed by atoms with Gasteiger partial charge in [-0.3, -0.25) is 9.80 Å². The van der Waals surface area contributed by atoms with Crippen LogP contribution in [0, 0.1) is 0 Å². The van der Waals surface area contributed by atoms with E-state index >= 15 is 0 Å². The lowest BCUT2D eigenvalue weighted by Crippen LogP contribution is -2.41. The molecule has 2 fully saturated rings. The topological polar surface area (TPSA) is 61.4 Å². The van der Waals surface area contributed by atoms with Gasteiger partial charge in [0.1, 0.15) is 10.8 Å². The van der Waals surface area contributed by atoms with Crippen molar-refractivity contribution in [2.24, 2.45) is 0 Å². The third-order valence-corrected chi connectivity index (χ3v) is 6.97. The molecule has 2 amide bonds. The molecule has 1 aliphatic carbocycles. The number of carbonyl (C=O) groups excluding carboxylic acids is 1. The lowest BCUT2D eigenvalue weighted by atomic mass is 9.91. The van der Waals surface area contributed by atoms with Gasteiger partial charge in [0.25, 0.3) is 0 Å². The number of nitrogens with zero attached hydrogens (tertiary/aromatic N) is 4. The first kappa shape index (κ1) is 16.2. The Labute approximate surface area is 157 Å². The quantitative estimate of drug-likeness (QED) is 0.904. The molecule has 136 valence electrons. The fourth-order valence-electron chi connectivity index (χ4n) is 3.98. The van der Waals surface area contributed by atoms with Gasteiger partial charge in [0.2, 0.25) is 0 Å². The summed E-state index contributed by atoms with van der Waals surface area (Å²) in [5.74, 6) is 0.706. The van der Waals surface area contributed by atoms with Gasteiger partial charge in [-0.05, 0) is 31.4 Å². The number of pyridine rings is 1. The summed E-state index contributed by atoms with van der Waals surface area (Å²) in [4.78, 5) is 26.9. The molecule has 5 rings (SSSR count). The van der Waals surface area contributed by atoms with Gasteiger partial charge < -0.3 is 5.32 Å². The number of rotatable bonds is 3. The monoisotopic (exact) mass is 369 g/mol. The van der Waals surface area contributed by atoms with E-state index in [0.717, 1.165) is 36.0 Å². The van der Waals surface area contributed by atoms with Crippen molar-refractivity contribution < 1.29 is 4.79 Å². The molecule has 3 aliphatic rings. The maximum Gasteiger partial charge on any atom is 0.323 e. The van der Waals surface area contributed by atoms with Crippen molar-refractivity contribution in [3.05, 3.63) is 28.9 Å². The van der Waals surface area contributed by atoms with E-state index in [1.54, 1.807) is 4.90 Å². The summed E-state index contributed by atoms with van der Waals surface area (Å²) in [5.41, 5.74) is 2.32.